The second-order valence-corrected chi connectivity index (χ2v) is 7.16. The van der Waals surface area contributed by atoms with E-state index in [4.69, 9.17) is 5.11 Å². The molecule has 0 bridgehead atoms. The molecule has 128 valence electrons. The molecule has 0 heterocycles. The molecular weight excluding hydrogens is 328 g/mol. The highest BCUT2D eigenvalue weighted by Crippen LogP contribution is 2.12. The zero-order chi connectivity index (χ0) is 17.6. The second-order valence-electron chi connectivity index (χ2n) is 5.40. The van der Waals surface area contributed by atoms with Gasteiger partial charge in [-0.05, 0) is 30.7 Å². The van der Waals surface area contributed by atoms with Gasteiger partial charge in [-0.15, -0.1) is 0 Å². The van der Waals surface area contributed by atoms with Gasteiger partial charge < -0.3 is 10.4 Å². The van der Waals surface area contributed by atoms with Crippen LogP contribution in [0.4, 0.5) is 0 Å². The van der Waals surface area contributed by atoms with Crippen LogP contribution in [0.25, 0.3) is 0 Å². The zero-order valence-electron chi connectivity index (χ0n) is 13.3. The molecule has 7 heteroatoms. The van der Waals surface area contributed by atoms with Gasteiger partial charge in [-0.2, -0.15) is 0 Å². The number of nitrogens with one attached hydrogen (secondary N) is 2. The third kappa shape index (κ3) is 4.89. The molecule has 0 saturated heterocycles. The number of hydrogen-bond donors (Lipinski definition) is 3. The molecule has 0 saturated carbocycles. The van der Waals surface area contributed by atoms with Crippen LogP contribution in [0.1, 0.15) is 22.8 Å². The molecule has 6 nitrogen and oxygen atoms in total. The number of aliphatic hydroxyl groups excluding tert-OH is 1. The van der Waals surface area contributed by atoms with E-state index in [0.29, 0.717) is 0 Å². The maximum atomic E-state index is 12.4. The predicted octanol–water partition coefficient (Wildman–Crippen LogP) is 1.28. The lowest BCUT2D eigenvalue weighted by molar-refractivity contribution is 0.0922. The summed E-state index contributed by atoms with van der Waals surface area (Å²) in [5, 5.41) is 11.6. The summed E-state index contributed by atoms with van der Waals surface area (Å²) >= 11 is 0. The summed E-state index contributed by atoms with van der Waals surface area (Å²) in [4.78, 5) is 12.1. The quantitative estimate of drug-likeness (QED) is 0.702. The Balaban J connectivity index is 2.13. The Morgan fingerprint density at radius 1 is 1.12 bits per heavy atom. The van der Waals surface area contributed by atoms with Crippen LogP contribution >= 0.6 is 0 Å². The van der Waals surface area contributed by atoms with Crippen LogP contribution in [0.2, 0.25) is 0 Å². The van der Waals surface area contributed by atoms with Gasteiger partial charge in [0.15, 0.2) is 0 Å². The Morgan fingerprint density at radius 3 is 2.50 bits per heavy atom. The fraction of sp³-hybridized carbons (Fsp3) is 0.235. The molecule has 0 aliphatic rings. The number of amides is 1. The zero-order valence-corrected chi connectivity index (χ0v) is 14.1. The highest BCUT2D eigenvalue weighted by atomic mass is 32.2. The lowest BCUT2D eigenvalue weighted by atomic mass is 10.2. The van der Waals surface area contributed by atoms with E-state index in [2.05, 4.69) is 10.0 Å². The minimum absolute atomic E-state index is 0.0164. The van der Waals surface area contributed by atoms with E-state index < -0.39 is 22.0 Å². The summed E-state index contributed by atoms with van der Waals surface area (Å²) in [6, 6.07) is 14.5. The highest BCUT2D eigenvalue weighted by molar-refractivity contribution is 7.89. The normalized spacial score (nSPS) is 12.6. The minimum atomic E-state index is -3.73. The topological polar surface area (TPSA) is 95.5 Å². The van der Waals surface area contributed by atoms with Gasteiger partial charge in [0.2, 0.25) is 10.0 Å². The van der Waals surface area contributed by atoms with Crippen molar-refractivity contribution in [2.75, 3.05) is 6.61 Å². The van der Waals surface area contributed by atoms with E-state index in [-0.39, 0.29) is 23.6 Å². The molecule has 3 N–H and O–H groups in total. The molecule has 1 unspecified atom stereocenters. The van der Waals surface area contributed by atoms with E-state index in [1.807, 2.05) is 30.3 Å². The molecule has 0 aromatic heterocycles. The van der Waals surface area contributed by atoms with Crippen LogP contribution in [-0.2, 0) is 16.6 Å². The van der Waals surface area contributed by atoms with Crippen LogP contribution < -0.4 is 10.0 Å². The molecule has 0 fully saturated rings. The van der Waals surface area contributed by atoms with Gasteiger partial charge in [-0.25, -0.2) is 13.1 Å². The number of carbonyl (C=O) groups is 1. The van der Waals surface area contributed by atoms with Crippen molar-refractivity contribution in [1.29, 1.82) is 0 Å². The van der Waals surface area contributed by atoms with Gasteiger partial charge in [-0.1, -0.05) is 36.4 Å². The van der Waals surface area contributed by atoms with Crippen molar-refractivity contribution in [1.82, 2.24) is 10.0 Å². The van der Waals surface area contributed by atoms with Gasteiger partial charge in [0.05, 0.1) is 11.5 Å². The summed E-state index contributed by atoms with van der Waals surface area (Å²) in [5.74, 6) is -0.434. The molecule has 24 heavy (non-hydrogen) atoms. The van der Waals surface area contributed by atoms with E-state index in [9.17, 15) is 13.2 Å². The summed E-state index contributed by atoms with van der Waals surface area (Å²) in [5.41, 5.74) is 1.06. The van der Waals surface area contributed by atoms with Crippen molar-refractivity contribution in [2.24, 2.45) is 0 Å². The average Bonchev–Trinajstić information content (AvgIpc) is 2.61. The number of rotatable bonds is 7. The molecular formula is C17H20N2O4S. The molecule has 0 radical (unpaired) electrons. The molecule has 1 amide bonds. The second kappa shape index (κ2) is 8.05. The van der Waals surface area contributed by atoms with E-state index in [0.717, 1.165) is 5.56 Å². The van der Waals surface area contributed by atoms with Crippen molar-refractivity contribution >= 4 is 15.9 Å². The standard InChI is InChI=1S/C17H20N2O4S/c1-13(12-20)19-17(21)15-8-5-9-16(10-15)24(22,23)18-11-14-6-3-2-4-7-14/h2-10,13,18,20H,11-12H2,1H3,(H,19,21). The molecule has 0 aliphatic heterocycles. The van der Waals surface area contributed by atoms with E-state index >= 15 is 0 Å². The minimum Gasteiger partial charge on any atom is -0.394 e. The molecule has 2 aromatic carbocycles. The average molecular weight is 348 g/mol. The summed E-state index contributed by atoms with van der Waals surface area (Å²) in [6.07, 6.45) is 0. The third-order valence-corrected chi connectivity index (χ3v) is 4.77. The van der Waals surface area contributed by atoms with Crippen molar-refractivity contribution in [3.63, 3.8) is 0 Å². The van der Waals surface area contributed by atoms with E-state index in [1.165, 1.54) is 24.3 Å². The van der Waals surface area contributed by atoms with Crippen molar-refractivity contribution in [3.05, 3.63) is 65.7 Å². The summed E-state index contributed by atoms with van der Waals surface area (Å²) in [7, 11) is -3.73. The SMILES string of the molecule is CC(CO)NC(=O)c1cccc(S(=O)(=O)NCc2ccccc2)c1. The van der Waals surface area contributed by atoms with Crippen LogP contribution in [0.15, 0.2) is 59.5 Å². The highest BCUT2D eigenvalue weighted by Gasteiger charge is 2.16. The molecule has 0 aliphatic carbocycles. The fourth-order valence-corrected chi connectivity index (χ4v) is 3.08. The smallest absolute Gasteiger partial charge is 0.251 e. The number of sulfonamides is 1. The first-order chi connectivity index (χ1) is 11.4. The third-order valence-electron chi connectivity index (χ3n) is 3.37. The first-order valence-electron chi connectivity index (χ1n) is 7.48. The Bertz CT molecular complexity index is 791. The molecule has 2 aromatic rings. The van der Waals surface area contributed by atoms with Crippen molar-refractivity contribution < 1.29 is 18.3 Å². The van der Waals surface area contributed by atoms with Crippen LogP contribution in [0, 0.1) is 0 Å². The molecule has 0 spiro atoms. The van der Waals surface area contributed by atoms with E-state index in [1.54, 1.807) is 6.92 Å². The Labute approximate surface area is 141 Å². The van der Waals surface area contributed by atoms with Crippen LogP contribution in [0.5, 0.6) is 0 Å². The number of carbonyl (C=O) groups excluding carboxylic acids is 1. The van der Waals surface area contributed by atoms with Gasteiger partial charge in [0.1, 0.15) is 0 Å². The Kier molecular flexibility index (Phi) is 6.08. The monoisotopic (exact) mass is 348 g/mol. The summed E-state index contributed by atoms with van der Waals surface area (Å²) in [6.45, 7) is 1.63. The van der Waals surface area contributed by atoms with Crippen LogP contribution in [0.3, 0.4) is 0 Å². The lowest BCUT2D eigenvalue weighted by Crippen LogP contribution is -2.35. The fourth-order valence-electron chi connectivity index (χ4n) is 2.01. The van der Waals surface area contributed by atoms with Gasteiger partial charge in [0, 0.05) is 18.2 Å². The van der Waals surface area contributed by atoms with Crippen molar-refractivity contribution in [2.45, 2.75) is 24.4 Å². The maximum Gasteiger partial charge on any atom is 0.251 e. The number of hydrogen-bond acceptors (Lipinski definition) is 4. The first kappa shape index (κ1) is 18.1. The summed E-state index contributed by atoms with van der Waals surface area (Å²) < 4.78 is 27.3. The maximum absolute atomic E-state index is 12.4. The van der Waals surface area contributed by atoms with Gasteiger partial charge in [-0.3, -0.25) is 4.79 Å². The Hall–Kier alpha value is -2.22. The first-order valence-corrected chi connectivity index (χ1v) is 8.96. The number of benzene rings is 2. The predicted molar refractivity (Wildman–Crippen MR) is 90.9 cm³/mol. The lowest BCUT2D eigenvalue weighted by Gasteiger charge is -2.12. The Morgan fingerprint density at radius 2 is 1.83 bits per heavy atom. The molecule has 1 atom stereocenters. The van der Waals surface area contributed by atoms with Gasteiger partial charge >= 0.3 is 0 Å². The number of aliphatic hydroxyl groups is 1. The van der Waals surface area contributed by atoms with Crippen LogP contribution in [-0.4, -0.2) is 32.1 Å². The molecule has 2 rings (SSSR count). The van der Waals surface area contributed by atoms with Gasteiger partial charge in [0.25, 0.3) is 5.91 Å². The van der Waals surface area contributed by atoms with Crippen molar-refractivity contribution in [3.8, 4) is 0 Å². The largest absolute Gasteiger partial charge is 0.394 e.